The summed E-state index contributed by atoms with van der Waals surface area (Å²) in [5, 5.41) is 0. The lowest BCUT2D eigenvalue weighted by Crippen LogP contribution is -2.42. The molecule has 2 nitrogen and oxygen atoms in total. The zero-order valence-corrected chi connectivity index (χ0v) is 8.30. The van der Waals surface area contributed by atoms with Gasteiger partial charge in [0.25, 0.3) is 0 Å². The lowest BCUT2D eigenvalue weighted by molar-refractivity contribution is -0.128. The van der Waals surface area contributed by atoms with Crippen molar-refractivity contribution in [3.05, 3.63) is 0 Å². The maximum Gasteiger partial charge on any atom is 0.229 e. The number of carbonyl (C=O) groups is 1. The first kappa shape index (κ1) is 9.00. The molecule has 0 radical (unpaired) electrons. The second kappa shape index (κ2) is 3.54. The number of hydrogen-bond donors (Lipinski definition) is 0. The van der Waals surface area contributed by atoms with Crippen LogP contribution in [0.15, 0.2) is 0 Å². The van der Waals surface area contributed by atoms with Gasteiger partial charge in [-0.1, -0.05) is 24.0 Å². The van der Waals surface area contributed by atoms with Crippen molar-refractivity contribution in [2.75, 3.05) is 5.75 Å². The highest BCUT2D eigenvalue weighted by Crippen LogP contribution is 2.20. The minimum absolute atomic E-state index is 0.170. The summed E-state index contributed by atoms with van der Waals surface area (Å²) in [5.41, 5.74) is 0. The molecule has 4 heteroatoms. The number of thioether (sulfide) groups is 1. The van der Waals surface area contributed by atoms with Gasteiger partial charge in [0, 0.05) is 18.2 Å². The Morgan fingerprint density at radius 3 is 2.64 bits per heavy atom. The van der Waals surface area contributed by atoms with Crippen molar-refractivity contribution in [1.82, 2.24) is 4.90 Å². The van der Waals surface area contributed by atoms with Gasteiger partial charge in [-0.3, -0.25) is 9.69 Å². The average Bonchev–Trinajstić information content (AvgIpc) is 1.85. The molecular formula is C7H11NOS2. The zero-order chi connectivity index (χ0) is 8.43. The molecule has 1 aliphatic rings. The summed E-state index contributed by atoms with van der Waals surface area (Å²) in [4.78, 5) is 13.0. The maximum absolute atomic E-state index is 11.3. The van der Waals surface area contributed by atoms with Gasteiger partial charge in [-0.05, 0) is 13.8 Å². The molecule has 0 saturated carbocycles. The SMILES string of the molecule is CC(C)N1C(=O)CCSC1=S. The summed E-state index contributed by atoms with van der Waals surface area (Å²) in [6.45, 7) is 3.96. The molecule has 62 valence electrons. The van der Waals surface area contributed by atoms with E-state index in [-0.39, 0.29) is 11.9 Å². The van der Waals surface area contributed by atoms with Crippen LogP contribution >= 0.6 is 24.0 Å². The van der Waals surface area contributed by atoms with E-state index < -0.39 is 0 Å². The molecular weight excluding hydrogens is 178 g/mol. The van der Waals surface area contributed by atoms with Crippen LogP contribution < -0.4 is 0 Å². The van der Waals surface area contributed by atoms with Crippen LogP contribution in [0, 0.1) is 0 Å². The first-order valence-corrected chi connectivity index (χ1v) is 5.01. The Kier molecular flexibility index (Phi) is 2.90. The van der Waals surface area contributed by atoms with Crippen molar-refractivity contribution in [2.24, 2.45) is 0 Å². The number of rotatable bonds is 1. The van der Waals surface area contributed by atoms with Gasteiger partial charge in [0.15, 0.2) is 0 Å². The van der Waals surface area contributed by atoms with Crippen LogP contribution in [0.3, 0.4) is 0 Å². The van der Waals surface area contributed by atoms with Crippen LogP contribution in [0.4, 0.5) is 0 Å². The predicted octanol–water partition coefficient (Wildman–Crippen LogP) is 1.65. The van der Waals surface area contributed by atoms with Crippen LogP contribution in [0.5, 0.6) is 0 Å². The van der Waals surface area contributed by atoms with E-state index in [2.05, 4.69) is 0 Å². The molecule has 0 N–H and O–H groups in total. The molecule has 0 aliphatic carbocycles. The van der Waals surface area contributed by atoms with E-state index in [1.54, 1.807) is 16.7 Å². The van der Waals surface area contributed by atoms with E-state index in [1.165, 1.54) is 0 Å². The minimum Gasteiger partial charge on any atom is -0.295 e. The number of thiocarbonyl (C=S) groups is 1. The Balaban J connectivity index is 2.71. The molecule has 0 spiro atoms. The molecule has 0 aromatic rings. The Bertz CT molecular complexity index is 175. The first-order valence-electron chi connectivity index (χ1n) is 3.61. The van der Waals surface area contributed by atoms with Crippen molar-refractivity contribution < 1.29 is 4.79 Å². The summed E-state index contributed by atoms with van der Waals surface area (Å²) in [5.74, 6) is 1.02. The normalized spacial score (nSPS) is 19.7. The molecule has 1 aliphatic heterocycles. The van der Waals surface area contributed by atoms with E-state index in [4.69, 9.17) is 12.2 Å². The summed E-state index contributed by atoms with van der Waals surface area (Å²) < 4.78 is 0.733. The Morgan fingerprint density at radius 2 is 2.27 bits per heavy atom. The Morgan fingerprint density at radius 1 is 1.64 bits per heavy atom. The van der Waals surface area contributed by atoms with Crippen molar-refractivity contribution in [1.29, 1.82) is 0 Å². The molecule has 1 amide bonds. The van der Waals surface area contributed by atoms with E-state index >= 15 is 0 Å². The highest BCUT2D eigenvalue weighted by molar-refractivity contribution is 8.23. The van der Waals surface area contributed by atoms with Gasteiger partial charge in [0.05, 0.1) is 0 Å². The van der Waals surface area contributed by atoms with Gasteiger partial charge in [-0.25, -0.2) is 0 Å². The quantitative estimate of drug-likeness (QED) is 0.585. The highest BCUT2D eigenvalue weighted by Gasteiger charge is 2.25. The predicted molar refractivity (Wildman–Crippen MR) is 51.7 cm³/mol. The van der Waals surface area contributed by atoms with E-state index in [0.717, 1.165) is 10.1 Å². The fourth-order valence-corrected chi connectivity index (χ4v) is 2.48. The summed E-state index contributed by atoms with van der Waals surface area (Å²) in [6.07, 6.45) is 0.628. The lowest BCUT2D eigenvalue weighted by atomic mass is 10.3. The van der Waals surface area contributed by atoms with Crippen molar-refractivity contribution in [3.8, 4) is 0 Å². The number of amides is 1. The molecule has 0 bridgehead atoms. The summed E-state index contributed by atoms with van der Waals surface area (Å²) in [7, 11) is 0. The first-order chi connectivity index (χ1) is 5.13. The third-order valence-electron chi connectivity index (χ3n) is 1.52. The van der Waals surface area contributed by atoms with Crippen LogP contribution in [0.1, 0.15) is 20.3 Å². The second-order valence-corrected chi connectivity index (χ2v) is 4.45. The fraction of sp³-hybridized carbons (Fsp3) is 0.714. The molecule has 0 unspecified atom stereocenters. The molecule has 11 heavy (non-hydrogen) atoms. The molecule has 1 heterocycles. The molecule has 1 fully saturated rings. The molecule has 0 aromatic carbocycles. The number of nitrogens with zero attached hydrogens (tertiary/aromatic N) is 1. The van der Waals surface area contributed by atoms with Crippen LogP contribution in [-0.4, -0.2) is 26.9 Å². The minimum atomic E-state index is 0.170. The van der Waals surface area contributed by atoms with E-state index in [9.17, 15) is 4.79 Å². The zero-order valence-electron chi connectivity index (χ0n) is 6.66. The second-order valence-electron chi connectivity index (χ2n) is 2.72. The van der Waals surface area contributed by atoms with Gasteiger partial charge in [-0.2, -0.15) is 0 Å². The molecule has 1 saturated heterocycles. The Labute approximate surface area is 76.3 Å². The highest BCUT2D eigenvalue weighted by atomic mass is 32.2. The van der Waals surface area contributed by atoms with Crippen LogP contribution in [-0.2, 0) is 4.79 Å². The van der Waals surface area contributed by atoms with E-state index in [0.29, 0.717) is 6.42 Å². The van der Waals surface area contributed by atoms with Gasteiger partial charge in [0.2, 0.25) is 5.91 Å². The van der Waals surface area contributed by atoms with Gasteiger partial charge >= 0.3 is 0 Å². The van der Waals surface area contributed by atoms with Gasteiger partial charge in [0.1, 0.15) is 4.32 Å². The fourth-order valence-electron chi connectivity index (χ4n) is 1.02. The van der Waals surface area contributed by atoms with Gasteiger partial charge < -0.3 is 0 Å². The molecule has 0 aromatic heterocycles. The average molecular weight is 189 g/mol. The van der Waals surface area contributed by atoms with Crippen molar-refractivity contribution in [2.45, 2.75) is 26.3 Å². The Hall–Kier alpha value is -0.0900. The van der Waals surface area contributed by atoms with Crippen molar-refractivity contribution >= 4 is 34.2 Å². The van der Waals surface area contributed by atoms with E-state index in [1.807, 2.05) is 13.8 Å². The number of hydrogen-bond acceptors (Lipinski definition) is 3. The smallest absolute Gasteiger partial charge is 0.229 e. The molecule has 1 rings (SSSR count). The topological polar surface area (TPSA) is 20.3 Å². The van der Waals surface area contributed by atoms with Gasteiger partial charge in [-0.15, -0.1) is 0 Å². The number of carbonyl (C=O) groups excluding carboxylic acids is 1. The van der Waals surface area contributed by atoms with Crippen LogP contribution in [0.25, 0.3) is 0 Å². The van der Waals surface area contributed by atoms with Crippen LogP contribution in [0.2, 0.25) is 0 Å². The monoisotopic (exact) mass is 189 g/mol. The lowest BCUT2D eigenvalue weighted by Gasteiger charge is -2.30. The third kappa shape index (κ3) is 1.93. The standard InChI is InChI=1S/C7H11NOS2/c1-5(2)8-6(9)3-4-11-7(8)10/h5H,3-4H2,1-2H3. The van der Waals surface area contributed by atoms with Crippen molar-refractivity contribution in [3.63, 3.8) is 0 Å². The summed E-state index contributed by atoms with van der Waals surface area (Å²) >= 11 is 6.64. The third-order valence-corrected chi connectivity index (χ3v) is 2.93. The summed E-state index contributed by atoms with van der Waals surface area (Å²) in [6, 6.07) is 0.211. The molecule has 0 atom stereocenters. The maximum atomic E-state index is 11.3. The largest absolute Gasteiger partial charge is 0.295 e.